The second-order valence-corrected chi connectivity index (χ2v) is 7.36. The first-order valence-corrected chi connectivity index (χ1v) is 10.00. The maximum atomic E-state index is 12.4. The molecule has 1 aliphatic rings. The van der Waals surface area contributed by atoms with Crippen LogP contribution in [0.15, 0.2) is 42.7 Å². The summed E-state index contributed by atoms with van der Waals surface area (Å²) in [6, 6.07) is 8.81. The minimum atomic E-state index is -0.261. The number of carbonyl (C=O) groups excluding carboxylic acids is 2. The molecule has 1 aliphatic carbocycles. The van der Waals surface area contributed by atoms with E-state index in [4.69, 9.17) is 5.73 Å². The van der Waals surface area contributed by atoms with Crippen LogP contribution in [0.5, 0.6) is 0 Å². The number of amides is 2. The molecule has 1 heterocycles. The fourth-order valence-electron chi connectivity index (χ4n) is 3.67. The molecule has 0 spiro atoms. The van der Waals surface area contributed by atoms with E-state index < -0.39 is 0 Å². The summed E-state index contributed by atoms with van der Waals surface area (Å²) in [6.07, 6.45) is 11.0. The average molecular weight is 380 g/mol. The molecule has 0 bridgehead atoms. The van der Waals surface area contributed by atoms with Crippen LogP contribution in [0.1, 0.15) is 60.9 Å². The van der Waals surface area contributed by atoms with Crippen molar-refractivity contribution in [2.24, 2.45) is 11.7 Å². The number of nitrogens with one attached hydrogen (secondary N) is 2. The van der Waals surface area contributed by atoms with Gasteiger partial charge >= 0.3 is 0 Å². The SMILES string of the molecule is NCc1ccc(NC(=O)CCC2CCCCC2)cc1NC(=O)c1cccnc1. The van der Waals surface area contributed by atoms with Crippen molar-refractivity contribution >= 4 is 23.2 Å². The first kappa shape index (κ1) is 20.0. The summed E-state index contributed by atoms with van der Waals surface area (Å²) in [5.74, 6) is 0.424. The Labute approximate surface area is 165 Å². The molecule has 1 aromatic heterocycles. The number of anilines is 2. The lowest BCUT2D eigenvalue weighted by Crippen LogP contribution is -2.17. The Morgan fingerprint density at radius 2 is 1.93 bits per heavy atom. The Morgan fingerprint density at radius 3 is 2.64 bits per heavy atom. The van der Waals surface area contributed by atoms with Crippen molar-refractivity contribution in [1.82, 2.24) is 4.98 Å². The van der Waals surface area contributed by atoms with Gasteiger partial charge in [0.1, 0.15) is 0 Å². The summed E-state index contributed by atoms with van der Waals surface area (Å²) in [5, 5.41) is 5.81. The smallest absolute Gasteiger partial charge is 0.257 e. The number of hydrogen-bond donors (Lipinski definition) is 3. The number of hydrogen-bond acceptors (Lipinski definition) is 4. The molecule has 1 saturated carbocycles. The minimum absolute atomic E-state index is 0.00982. The van der Waals surface area contributed by atoms with E-state index in [2.05, 4.69) is 15.6 Å². The average Bonchev–Trinajstić information content (AvgIpc) is 2.74. The van der Waals surface area contributed by atoms with Gasteiger partial charge in [-0.3, -0.25) is 14.6 Å². The third kappa shape index (κ3) is 5.63. The highest BCUT2D eigenvalue weighted by atomic mass is 16.2. The summed E-state index contributed by atoms with van der Waals surface area (Å²) in [7, 11) is 0. The molecule has 4 N–H and O–H groups in total. The molecule has 0 saturated heterocycles. The Morgan fingerprint density at radius 1 is 1.11 bits per heavy atom. The van der Waals surface area contributed by atoms with Gasteiger partial charge in [-0.25, -0.2) is 0 Å². The number of benzene rings is 1. The molecule has 0 radical (unpaired) electrons. The highest BCUT2D eigenvalue weighted by Crippen LogP contribution is 2.27. The molecule has 6 heteroatoms. The van der Waals surface area contributed by atoms with E-state index in [0.717, 1.165) is 12.0 Å². The largest absolute Gasteiger partial charge is 0.326 e. The van der Waals surface area contributed by atoms with Gasteiger partial charge in [0.05, 0.1) is 5.56 Å². The molecule has 2 aromatic rings. The van der Waals surface area contributed by atoms with Gasteiger partial charge in [-0.2, -0.15) is 0 Å². The molecule has 6 nitrogen and oxygen atoms in total. The highest BCUT2D eigenvalue weighted by molar-refractivity contribution is 6.05. The topological polar surface area (TPSA) is 97.1 Å². The number of aromatic nitrogens is 1. The molecular formula is C22H28N4O2. The van der Waals surface area contributed by atoms with Gasteiger partial charge in [0.25, 0.3) is 5.91 Å². The van der Waals surface area contributed by atoms with Crippen molar-refractivity contribution in [2.75, 3.05) is 10.6 Å². The monoisotopic (exact) mass is 380 g/mol. The van der Waals surface area contributed by atoms with Crippen LogP contribution in [0.2, 0.25) is 0 Å². The molecule has 1 aromatic carbocycles. The van der Waals surface area contributed by atoms with Crippen molar-refractivity contribution < 1.29 is 9.59 Å². The van der Waals surface area contributed by atoms with Crippen molar-refractivity contribution in [3.05, 3.63) is 53.9 Å². The van der Waals surface area contributed by atoms with E-state index in [1.54, 1.807) is 24.4 Å². The summed E-state index contributed by atoms with van der Waals surface area (Å²) >= 11 is 0. The molecule has 0 aliphatic heterocycles. The van der Waals surface area contributed by atoms with E-state index in [0.29, 0.717) is 35.8 Å². The summed E-state index contributed by atoms with van der Waals surface area (Å²) in [5.41, 5.74) is 8.32. The fraction of sp³-hybridized carbons (Fsp3) is 0.409. The zero-order chi connectivity index (χ0) is 19.8. The zero-order valence-corrected chi connectivity index (χ0v) is 16.1. The van der Waals surface area contributed by atoms with Crippen molar-refractivity contribution in [3.8, 4) is 0 Å². The zero-order valence-electron chi connectivity index (χ0n) is 16.1. The summed E-state index contributed by atoms with van der Waals surface area (Å²) < 4.78 is 0. The molecule has 1 fully saturated rings. The predicted octanol–water partition coefficient (Wildman–Crippen LogP) is 4.09. The number of rotatable bonds is 7. The molecule has 0 atom stereocenters. The quantitative estimate of drug-likeness (QED) is 0.674. The normalized spacial score (nSPS) is 14.5. The fourth-order valence-corrected chi connectivity index (χ4v) is 3.67. The van der Waals surface area contributed by atoms with E-state index >= 15 is 0 Å². The number of nitrogens with two attached hydrogens (primary N) is 1. The van der Waals surface area contributed by atoms with Crippen LogP contribution < -0.4 is 16.4 Å². The van der Waals surface area contributed by atoms with Gasteiger partial charge in [0.15, 0.2) is 0 Å². The van der Waals surface area contributed by atoms with Crippen LogP contribution in [-0.4, -0.2) is 16.8 Å². The van der Waals surface area contributed by atoms with Gasteiger partial charge in [-0.15, -0.1) is 0 Å². The molecule has 2 amide bonds. The van der Waals surface area contributed by atoms with Crippen LogP contribution in [0, 0.1) is 5.92 Å². The molecule has 0 unspecified atom stereocenters. The van der Waals surface area contributed by atoms with Crippen LogP contribution in [0.4, 0.5) is 11.4 Å². The van der Waals surface area contributed by atoms with Crippen LogP contribution in [0.3, 0.4) is 0 Å². The minimum Gasteiger partial charge on any atom is -0.326 e. The second kappa shape index (κ2) is 9.99. The molecule has 28 heavy (non-hydrogen) atoms. The van der Waals surface area contributed by atoms with Crippen LogP contribution in [0.25, 0.3) is 0 Å². The lowest BCUT2D eigenvalue weighted by molar-refractivity contribution is -0.116. The van der Waals surface area contributed by atoms with Gasteiger partial charge in [0.2, 0.25) is 5.91 Å². The molecule has 148 valence electrons. The van der Waals surface area contributed by atoms with E-state index in [1.807, 2.05) is 12.1 Å². The van der Waals surface area contributed by atoms with Gasteiger partial charge in [-0.05, 0) is 42.2 Å². The maximum Gasteiger partial charge on any atom is 0.257 e. The number of pyridine rings is 1. The van der Waals surface area contributed by atoms with Gasteiger partial charge < -0.3 is 16.4 Å². The van der Waals surface area contributed by atoms with Crippen molar-refractivity contribution in [3.63, 3.8) is 0 Å². The predicted molar refractivity (Wildman–Crippen MR) is 111 cm³/mol. The van der Waals surface area contributed by atoms with Crippen molar-refractivity contribution in [2.45, 2.75) is 51.5 Å². The van der Waals surface area contributed by atoms with Crippen molar-refractivity contribution in [1.29, 1.82) is 0 Å². The number of carbonyl (C=O) groups is 2. The van der Waals surface area contributed by atoms with Crippen LogP contribution in [-0.2, 0) is 11.3 Å². The van der Waals surface area contributed by atoms with Gasteiger partial charge in [0, 0.05) is 36.7 Å². The molecular weight excluding hydrogens is 352 g/mol. The summed E-state index contributed by atoms with van der Waals surface area (Å²) in [6.45, 7) is 0.290. The third-order valence-electron chi connectivity index (χ3n) is 5.29. The Bertz CT molecular complexity index is 801. The Balaban J connectivity index is 1.61. The first-order chi connectivity index (χ1) is 13.7. The third-order valence-corrected chi connectivity index (χ3v) is 5.29. The summed E-state index contributed by atoms with van der Waals surface area (Å²) in [4.78, 5) is 28.7. The van der Waals surface area contributed by atoms with E-state index in [1.165, 1.54) is 38.3 Å². The number of nitrogens with zero attached hydrogens (tertiary/aromatic N) is 1. The highest BCUT2D eigenvalue weighted by Gasteiger charge is 2.15. The Hall–Kier alpha value is -2.73. The second-order valence-electron chi connectivity index (χ2n) is 7.36. The molecule has 3 rings (SSSR count). The van der Waals surface area contributed by atoms with E-state index in [-0.39, 0.29) is 11.8 Å². The Kier molecular flexibility index (Phi) is 7.14. The standard InChI is InChI=1S/C22H28N4O2/c23-14-17-9-10-19(25-21(27)11-8-16-5-2-1-3-6-16)13-20(17)26-22(28)18-7-4-12-24-15-18/h4,7,9-10,12-13,15-16H,1-3,5-6,8,11,14,23H2,(H,25,27)(H,26,28). The van der Waals surface area contributed by atoms with Gasteiger partial charge in [-0.1, -0.05) is 38.2 Å². The van der Waals surface area contributed by atoms with Crippen LogP contribution >= 0.6 is 0 Å². The van der Waals surface area contributed by atoms with E-state index in [9.17, 15) is 9.59 Å². The first-order valence-electron chi connectivity index (χ1n) is 10.00. The lowest BCUT2D eigenvalue weighted by atomic mass is 9.86. The maximum absolute atomic E-state index is 12.4. The lowest BCUT2D eigenvalue weighted by Gasteiger charge is -2.21.